The monoisotopic (exact) mass is 574 g/mol. The van der Waals surface area contributed by atoms with Crippen LogP contribution in [0.3, 0.4) is 0 Å². The minimum atomic E-state index is 0. The van der Waals surface area contributed by atoms with Crippen molar-refractivity contribution >= 4 is 29.9 Å². The summed E-state index contributed by atoms with van der Waals surface area (Å²) in [6.45, 7) is 8.64. The lowest BCUT2D eigenvalue weighted by Crippen LogP contribution is -2.43. The van der Waals surface area contributed by atoms with Gasteiger partial charge >= 0.3 is 0 Å². The predicted octanol–water partition coefficient (Wildman–Crippen LogP) is 4.05. The molecular formula is C25H43IN4O3. The first-order valence-corrected chi connectivity index (χ1v) is 12.3. The summed E-state index contributed by atoms with van der Waals surface area (Å²) in [6, 6.07) is 6.07. The normalized spacial score (nSPS) is 18.1. The van der Waals surface area contributed by atoms with Gasteiger partial charge in [-0.15, -0.1) is 24.0 Å². The molecule has 1 aliphatic heterocycles. The standard InChI is InChI=1S/C25H42N4O3.HI/c1-4-26-25(27-18-20-11-13-29(14-12-20)15-16-30-2)28-19-21-9-10-23(31-3)17-24(21)32-22-7-5-6-8-22;/h9-10,17,20,22H,4-8,11-16,18-19H2,1-3H3,(H2,26,27,28);1H. The Kier molecular flexibility index (Phi) is 13.2. The van der Waals surface area contributed by atoms with Crippen LogP contribution in [0.5, 0.6) is 11.5 Å². The summed E-state index contributed by atoms with van der Waals surface area (Å²) in [5.74, 6) is 3.28. The highest BCUT2D eigenvalue weighted by molar-refractivity contribution is 14.0. The van der Waals surface area contributed by atoms with Crippen molar-refractivity contribution in [3.05, 3.63) is 23.8 Å². The van der Waals surface area contributed by atoms with Gasteiger partial charge in [-0.3, -0.25) is 0 Å². The molecule has 3 rings (SSSR count). The smallest absolute Gasteiger partial charge is 0.191 e. The van der Waals surface area contributed by atoms with Crippen LogP contribution in [-0.4, -0.2) is 70.5 Å². The van der Waals surface area contributed by atoms with E-state index in [2.05, 4.69) is 28.5 Å². The van der Waals surface area contributed by atoms with Crippen LogP contribution in [0.15, 0.2) is 23.2 Å². The second kappa shape index (κ2) is 15.6. The largest absolute Gasteiger partial charge is 0.497 e. The maximum absolute atomic E-state index is 6.33. The first-order chi connectivity index (χ1) is 15.7. The van der Waals surface area contributed by atoms with Gasteiger partial charge in [0.15, 0.2) is 5.96 Å². The van der Waals surface area contributed by atoms with Gasteiger partial charge in [0.25, 0.3) is 0 Å². The van der Waals surface area contributed by atoms with Crippen molar-refractivity contribution in [1.29, 1.82) is 0 Å². The van der Waals surface area contributed by atoms with Gasteiger partial charge in [-0.1, -0.05) is 0 Å². The zero-order chi connectivity index (χ0) is 22.6. The van der Waals surface area contributed by atoms with Crippen LogP contribution < -0.4 is 20.1 Å². The van der Waals surface area contributed by atoms with Crippen LogP contribution in [0.4, 0.5) is 0 Å². The van der Waals surface area contributed by atoms with Crippen LogP contribution in [0, 0.1) is 5.92 Å². The van der Waals surface area contributed by atoms with E-state index >= 15 is 0 Å². The van der Waals surface area contributed by atoms with Crippen molar-refractivity contribution in [2.24, 2.45) is 10.9 Å². The number of rotatable bonds is 11. The van der Waals surface area contributed by atoms with Gasteiger partial charge in [0.05, 0.1) is 26.4 Å². The van der Waals surface area contributed by atoms with E-state index in [1.165, 1.54) is 25.7 Å². The van der Waals surface area contributed by atoms with Crippen molar-refractivity contribution in [1.82, 2.24) is 15.5 Å². The highest BCUT2D eigenvalue weighted by Gasteiger charge is 2.20. The lowest BCUT2D eigenvalue weighted by Gasteiger charge is -2.32. The number of nitrogens with zero attached hydrogens (tertiary/aromatic N) is 2. The van der Waals surface area contributed by atoms with E-state index in [4.69, 9.17) is 19.2 Å². The Morgan fingerprint density at radius 2 is 1.85 bits per heavy atom. The number of hydrogen-bond acceptors (Lipinski definition) is 5. The molecule has 1 saturated heterocycles. The zero-order valence-electron chi connectivity index (χ0n) is 20.6. The molecule has 33 heavy (non-hydrogen) atoms. The molecule has 7 nitrogen and oxygen atoms in total. The first-order valence-electron chi connectivity index (χ1n) is 12.3. The summed E-state index contributed by atoms with van der Waals surface area (Å²) in [7, 11) is 3.47. The molecule has 1 aromatic rings. The zero-order valence-corrected chi connectivity index (χ0v) is 22.9. The quantitative estimate of drug-likeness (QED) is 0.236. The number of guanidine groups is 1. The molecule has 188 valence electrons. The molecule has 0 unspecified atom stereocenters. The summed E-state index contributed by atoms with van der Waals surface area (Å²) in [5.41, 5.74) is 1.10. The second-order valence-corrected chi connectivity index (χ2v) is 8.85. The fraction of sp³-hybridized carbons (Fsp3) is 0.720. The van der Waals surface area contributed by atoms with E-state index in [9.17, 15) is 0 Å². The predicted molar refractivity (Wildman–Crippen MR) is 145 cm³/mol. The summed E-state index contributed by atoms with van der Waals surface area (Å²) in [6.07, 6.45) is 7.51. The molecule has 0 radical (unpaired) electrons. The van der Waals surface area contributed by atoms with Gasteiger partial charge in [-0.25, -0.2) is 4.99 Å². The van der Waals surface area contributed by atoms with Gasteiger partial charge in [0.1, 0.15) is 11.5 Å². The molecule has 2 fully saturated rings. The third kappa shape index (κ3) is 9.48. The maximum atomic E-state index is 6.33. The first kappa shape index (κ1) is 28.0. The Labute approximate surface area is 217 Å². The average molecular weight is 575 g/mol. The molecule has 0 spiro atoms. The SMILES string of the molecule is CCNC(=NCc1ccc(OC)cc1OC1CCCC1)NCC1CCN(CCOC)CC1.I. The second-order valence-electron chi connectivity index (χ2n) is 8.85. The molecule has 1 aromatic carbocycles. The van der Waals surface area contributed by atoms with Gasteiger partial charge in [-0.2, -0.15) is 0 Å². The molecule has 2 aliphatic rings. The Hall–Kier alpha value is -1.26. The minimum absolute atomic E-state index is 0. The Morgan fingerprint density at radius 1 is 1.09 bits per heavy atom. The molecule has 0 bridgehead atoms. The van der Waals surface area contributed by atoms with Gasteiger partial charge < -0.3 is 29.7 Å². The van der Waals surface area contributed by atoms with E-state index in [0.717, 1.165) is 75.2 Å². The minimum Gasteiger partial charge on any atom is -0.497 e. The third-order valence-corrected chi connectivity index (χ3v) is 6.50. The number of likely N-dealkylation sites (tertiary alicyclic amines) is 1. The van der Waals surface area contributed by atoms with Crippen LogP contribution in [-0.2, 0) is 11.3 Å². The Balaban J connectivity index is 0.00000385. The fourth-order valence-corrected chi connectivity index (χ4v) is 4.47. The van der Waals surface area contributed by atoms with E-state index in [0.29, 0.717) is 18.6 Å². The molecule has 0 amide bonds. The summed E-state index contributed by atoms with van der Waals surface area (Å²) >= 11 is 0. The highest BCUT2D eigenvalue weighted by atomic mass is 127. The number of nitrogens with one attached hydrogen (secondary N) is 2. The van der Waals surface area contributed by atoms with Gasteiger partial charge in [0, 0.05) is 38.4 Å². The number of methoxy groups -OCH3 is 2. The van der Waals surface area contributed by atoms with E-state index in [1.807, 2.05) is 12.1 Å². The van der Waals surface area contributed by atoms with E-state index in [1.54, 1.807) is 14.2 Å². The molecule has 1 saturated carbocycles. The van der Waals surface area contributed by atoms with E-state index < -0.39 is 0 Å². The Morgan fingerprint density at radius 3 is 2.52 bits per heavy atom. The third-order valence-electron chi connectivity index (χ3n) is 6.50. The maximum Gasteiger partial charge on any atom is 0.191 e. The summed E-state index contributed by atoms with van der Waals surface area (Å²) in [5, 5.41) is 6.95. The summed E-state index contributed by atoms with van der Waals surface area (Å²) < 4.78 is 17.0. The Bertz CT molecular complexity index is 705. The van der Waals surface area contributed by atoms with Crippen molar-refractivity contribution < 1.29 is 14.2 Å². The average Bonchev–Trinajstić information content (AvgIpc) is 3.34. The van der Waals surface area contributed by atoms with Crippen molar-refractivity contribution in [2.45, 2.75) is 58.1 Å². The molecular weight excluding hydrogens is 531 g/mol. The number of benzene rings is 1. The van der Waals surface area contributed by atoms with Gasteiger partial charge in [-0.05, 0) is 76.6 Å². The van der Waals surface area contributed by atoms with Crippen LogP contribution >= 0.6 is 24.0 Å². The van der Waals surface area contributed by atoms with E-state index in [-0.39, 0.29) is 24.0 Å². The fourth-order valence-electron chi connectivity index (χ4n) is 4.47. The highest BCUT2D eigenvalue weighted by Crippen LogP contribution is 2.30. The molecule has 0 aromatic heterocycles. The van der Waals surface area contributed by atoms with Crippen LogP contribution in [0.1, 0.15) is 51.0 Å². The number of ether oxygens (including phenoxy) is 3. The number of halogens is 1. The molecule has 0 atom stereocenters. The molecule has 8 heteroatoms. The van der Waals surface area contributed by atoms with Crippen molar-refractivity contribution in [3.8, 4) is 11.5 Å². The van der Waals surface area contributed by atoms with Crippen molar-refractivity contribution in [2.75, 3.05) is 53.6 Å². The topological polar surface area (TPSA) is 67.4 Å². The van der Waals surface area contributed by atoms with Crippen molar-refractivity contribution in [3.63, 3.8) is 0 Å². The van der Waals surface area contributed by atoms with Crippen LogP contribution in [0.25, 0.3) is 0 Å². The number of hydrogen-bond donors (Lipinski definition) is 2. The lowest BCUT2D eigenvalue weighted by atomic mass is 9.97. The number of aliphatic imine (C=N–C) groups is 1. The molecule has 1 heterocycles. The van der Waals surface area contributed by atoms with Crippen LogP contribution in [0.2, 0.25) is 0 Å². The summed E-state index contributed by atoms with van der Waals surface area (Å²) in [4.78, 5) is 7.36. The van der Waals surface area contributed by atoms with Gasteiger partial charge in [0.2, 0.25) is 0 Å². The lowest BCUT2D eigenvalue weighted by molar-refractivity contribution is 0.121. The molecule has 2 N–H and O–H groups in total. The molecule has 1 aliphatic carbocycles. The number of piperidine rings is 1.